The van der Waals surface area contributed by atoms with Crippen molar-refractivity contribution in [3.8, 4) is 27.1 Å². The van der Waals surface area contributed by atoms with Crippen LogP contribution in [0.15, 0.2) is 18.2 Å². The number of rotatable bonds is 2. The van der Waals surface area contributed by atoms with Crippen LogP contribution < -0.4 is 14.2 Å². The first-order valence-electron chi connectivity index (χ1n) is 5.19. The van der Waals surface area contributed by atoms with Crippen LogP contribution in [-0.4, -0.2) is 18.9 Å². The SMILES string of the molecule is COc1sc(-c2ccc3c(c2)OCO3)nc1C. The third-order valence-electron chi connectivity index (χ3n) is 2.56. The van der Waals surface area contributed by atoms with Crippen LogP contribution in [0, 0.1) is 6.92 Å². The number of aryl methyl sites for hydroxylation is 1. The van der Waals surface area contributed by atoms with Crippen molar-refractivity contribution in [2.45, 2.75) is 6.92 Å². The number of benzene rings is 1. The summed E-state index contributed by atoms with van der Waals surface area (Å²) in [5.74, 6) is 1.56. The lowest BCUT2D eigenvalue weighted by Gasteiger charge is -1.98. The van der Waals surface area contributed by atoms with Gasteiger partial charge in [0, 0.05) is 5.56 Å². The predicted molar refractivity (Wildman–Crippen MR) is 65.0 cm³/mol. The Labute approximate surface area is 103 Å². The number of methoxy groups -OCH3 is 1. The van der Waals surface area contributed by atoms with E-state index in [1.54, 1.807) is 7.11 Å². The summed E-state index contributed by atoms with van der Waals surface area (Å²) < 4.78 is 15.9. The van der Waals surface area contributed by atoms with Crippen LogP contribution in [0.1, 0.15) is 5.69 Å². The van der Waals surface area contributed by atoms with E-state index in [1.165, 1.54) is 11.3 Å². The second kappa shape index (κ2) is 3.92. The average molecular weight is 249 g/mol. The molecule has 0 radical (unpaired) electrons. The summed E-state index contributed by atoms with van der Waals surface area (Å²) in [6.07, 6.45) is 0. The summed E-state index contributed by atoms with van der Waals surface area (Å²) in [4.78, 5) is 4.47. The van der Waals surface area contributed by atoms with Crippen LogP contribution in [-0.2, 0) is 0 Å². The molecule has 2 heterocycles. The van der Waals surface area contributed by atoms with Crippen LogP contribution in [0.4, 0.5) is 0 Å². The van der Waals surface area contributed by atoms with E-state index in [4.69, 9.17) is 14.2 Å². The minimum Gasteiger partial charge on any atom is -0.486 e. The third-order valence-corrected chi connectivity index (χ3v) is 3.73. The maximum Gasteiger partial charge on any atom is 0.231 e. The predicted octanol–water partition coefficient (Wildman–Crippen LogP) is 2.86. The number of aromatic nitrogens is 1. The van der Waals surface area contributed by atoms with Gasteiger partial charge in [-0.2, -0.15) is 0 Å². The Kier molecular flexibility index (Phi) is 2.40. The second-order valence-corrected chi connectivity index (χ2v) is 4.63. The van der Waals surface area contributed by atoms with E-state index in [2.05, 4.69) is 4.98 Å². The fraction of sp³-hybridized carbons (Fsp3) is 0.250. The van der Waals surface area contributed by atoms with E-state index >= 15 is 0 Å². The molecule has 0 saturated carbocycles. The van der Waals surface area contributed by atoms with Crippen LogP contribution >= 0.6 is 11.3 Å². The molecule has 0 aliphatic carbocycles. The van der Waals surface area contributed by atoms with Gasteiger partial charge in [0.1, 0.15) is 5.01 Å². The van der Waals surface area contributed by atoms with Gasteiger partial charge < -0.3 is 14.2 Å². The number of nitrogens with zero attached hydrogens (tertiary/aromatic N) is 1. The highest BCUT2D eigenvalue weighted by atomic mass is 32.1. The molecule has 88 valence electrons. The lowest BCUT2D eigenvalue weighted by molar-refractivity contribution is 0.174. The summed E-state index contributed by atoms with van der Waals surface area (Å²) in [5, 5.41) is 1.77. The van der Waals surface area contributed by atoms with Crippen LogP contribution in [0.3, 0.4) is 0 Å². The number of hydrogen-bond donors (Lipinski definition) is 0. The van der Waals surface area contributed by atoms with Gasteiger partial charge in [-0.15, -0.1) is 0 Å². The first-order valence-corrected chi connectivity index (χ1v) is 6.01. The van der Waals surface area contributed by atoms with E-state index in [9.17, 15) is 0 Å². The monoisotopic (exact) mass is 249 g/mol. The summed E-state index contributed by atoms with van der Waals surface area (Å²) in [5.41, 5.74) is 1.93. The normalized spacial score (nSPS) is 12.8. The number of ether oxygens (including phenoxy) is 3. The van der Waals surface area contributed by atoms with Crippen molar-refractivity contribution in [2.24, 2.45) is 0 Å². The zero-order valence-electron chi connectivity index (χ0n) is 9.52. The van der Waals surface area contributed by atoms with Crippen molar-refractivity contribution >= 4 is 11.3 Å². The van der Waals surface area contributed by atoms with Crippen molar-refractivity contribution in [1.82, 2.24) is 4.98 Å². The Balaban J connectivity index is 2.03. The molecule has 0 fully saturated rings. The third kappa shape index (κ3) is 1.72. The van der Waals surface area contributed by atoms with Gasteiger partial charge in [-0.05, 0) is 25.1 Å². The zero-order valence-corrected chi connectivity index (χ0v) is 10.3. The lowest BCUT2D eigenvalue weighted by Crippen LogP contribution is -1.92. The van der Waals surface area contributed by atoms with Crippen molar-refractivity contribution in [3.63, 3.8) is 0 Å². The first kappa shape index (κ1) is 10.4. The molecular weight excluding hydrogens is 238 g/mol. The molecule has 4 nitrogen and oxygen atoms in total. The number of hydrogen-bond acceptors (Lipinski definition) is 5. The van der Waals surface area contributed by atoms with Gasteiger partial charge in [0.15, 0.2) is 16.6 Å². The minimum atomic E-state index is 0.291. The second-order valence-electron chi connectivity index (χ2n) is 3.66. The maximum atomic E-state index is 5.35. The molecule has 0 saturated heterocycles. The molecule has 1 aliphatic heterocycles. The number of fused-ring (bicyclic) bond motifs is 1. The molecule has 0 N–H and O–H groups in total. The Morgan fingerprint density at radius 3 is 2.88 bits per heavy atom. The Morgan fingerprint density at radius 2 is 2.12 bits per heavy atom. The van der Waals surface area contributed by atoms with Crippen LogP contribution in [0.25, 0.3) is 10.6 Å². The quantitative estimate of drug-likeness (QED) is 0.820. The molecule has 0 bridgehead atoms. The van der Waals surface area contributed by atoms with Gasteiger partial charge in [-0.25, -0.2) is 4.98 Å². The zero-order chi connectivity index (χ0) is 11.8. The smallest absolute Gasteiger partial charge is 0.231 e. The van der Waals surface area contributed by atoms with Crippen molar-refractivity contribution < 1.29 is 14.2 Å². The Bertz CT molecular complexity index is 565. The van der Waals surface area contributed by atoms with Crippen molar-refractivity contribution in [2.75, 3.05) is 13.9 Å². The average Bonchev–Trinajstić information content (AvgIpc) is 2.93. The molecule has 5 heteroatoms. The van der Waals surface area contributed by atoms with Gasteiger partial charge in [-0.3, -0.25) is 0 Å². The summed E-state index contributed by atoms with van der Waals surface area (Å²) in [6, 6.07) is 5.83. The van der Waals surface area contributed by atoms with E-state index in [0.29, 0.717) is 6.79 Å². The Morgan fingerprint density at radius 1 is 1.29 bits per heavy atom. The Hall–Kier alpha value is -1.75. The standard InChI is InChI=1S/C12H11NO3S/c1-7-12(14-2)17-11(13-7)8-3-4-9-10(5-8)16-6-15-9/h3-5H,6H2,1-2H3. The highest BCUT2D eigenvalue weighted by Gasteiger charge is 2.16. The van der Waals surface area contributed by atoms with Gasteiger partial charge in [0.2, 0.25) is 6.79 Å². The molecule has 1 aromatic carbocycles. The molecule has 2 aromatic rings. The van der Waals surface area contributed by atoms with E-state index < -0.39 is 0 Å². The highest BCUT2D eigenvalue weighted by molar-refractivity contribution is 7.17. The summed E-state index contributed by atoms with van der Waals surface area (Å²) in [7, 11) is 1.66. The number of thiazole rings is 1. The fourth-order valence-corrected chi connectivity index (χ4v) is 2.60. The summed E-state index contributed by atoms with van der Waals surface area (Å²) >= 11 is 1.53. The molecule has 3 rings (SSSR count). The lowest BCUT2D eigenvalue weighted by atomic mass is 10.2. The minimum absolute atomic E-state index is 0.291. The summed E-state index contributed by atoms with van der Waals surface area (Å²) in [6.45, 7) is 2.23. The molecular formula is C12H11NO3S. The van der Waals surface area contributed by atoms with E-state index in [1.807, 2.05) is 25.1 Å². The van der Waals surface area contributed by atoms with Gasteiger partial charge in [0.25, 0.3) is 0 Å². The van der Waals surface area contributed by atoms with Gasteiger partial charge in [0.05, 0.1) is 12.8 Å². The van der Waals surface area contributed by atoms with E-state index in [0.717, 1.165) is 32.8 Å². The molecule has 0 amide bonds. The van der Waals surface area contributed by atoms with Gasteiger partial charge in [-0.1, -0.05) is 11.3 Å². The van der Waals surface area contributed by atoms with Gasteiger partial charge >= 0.3 is 0 Å². The molecule has 17 heavy (non-hydrogen) atoms. The maximum absolute atomic E-state index is 5.35. The van der Waals surface area contributed by atoms with Crippen molar-refractivity contribution in [1.29, 1.82) is 0 Å². The first-order chi connectivity index (χ1) is 8.28. The van der Waals surface area contributed by atoms with Crippen molar-refractivity contribution in [3.05, 3.63) is 23.9 Å². The molecule has 0 spiro atoms. The van der Waals surface area contributed by atoms with E-state index in [-0.39, 0.29) is 0 Å². The van der Waals surface area contributed by atoms with Crippen LogP contribution in [0.2, 0.25) is 0 Å². The topological polar surface area (TPSA) is 40.6 Å². The van der Waals surface area contributed by atoms with Crippen LogP contribution in [0.5, 0.6) is 16.6 Å². The molecule has 1 aromatic heterocycles. The molecule has 1 aliphatic rings. The fourth-order valence-electron chi connectivity index (χ4n) is 1.72. The highest BCUT2D eigenvalue weighted by Crippen LogP contribution is 2.39. The molecule has 0 atom stereocenters. The molecule has 0 unspecified atom stereocenters. The largest absolute Gasteiger partial charge is 0.486 e.